The predicted octanol–water partition coefficient (Wildman–Crippen LogP) is 2.75. The van der Waals surface area contributed by atoms with Crippen LogP contribution in [0.3, 0.4) is 0 Å². The summed E-state index contributed by atoms with van der Waals surface area (Å²) in [4.78, 5) is 26.1. The van der Waals surface area contributed by atoms with Crippen molar-refractivity contribution in [2.75, 3.05) is 31.0 Å². The van der Waals surface area contributed by atoms with E-state index in [1.54, 1.807) is 18.2 Å². The number of methoxy groups -OCH3 is 2. The molecule has 25 heavy (non-hydrogen) atoms. The third kappa shape index (κ3) is 2.88. The summed E-state index contributed by atoms with van der Waals surface area (Å²) in [5.41, 5.74) is 1.34. The summed E-state index contributed by atoms with van der Waals surface area (Å²) < 4.78 is 24.6. The van der Waals surface area contributed by atoms with E-state index in [1.165, 1.54) is 31.3 Å². The molecule has 1 aliphatic rings. The Morgan fingerprint density at radius 2 is 1.84 bits per heavy atom. The molecule has 0 saturated heterocycles. The van der Waals surface area contributed by atoms with E-state index in [4.69, 9.17) is 9.47 Å². The van der Waals surface area contributed by atoms with Crippen molar-refractivity contribution in [2.45, 2.75) is 6.92 Å². The second-order valence-electron chi connectivity index (χ2n) is 5.58. The van der Waals surface area contributed by atoms with Gasteiger partial charge in [-0.2, -0.15) is 0 Å². The first-order valence-corrected chi connectivity index (χ1v) is 7.59. The molecule has 2 aromatic rings. The molecule has 1 aliphatic heterocycles. The maximum atomic E-state index is 14.0. The van der Waals surface area contributed by atoms with Gasteiger partial charge < -0.3 is 14.8 Å². The van der Waals surface area contributed by atoms with Gasteiger partial charge in [-0.15, -0.1) is 0 Å². The van der Waals surface area contributed by atoms with Crippen molar-refractivity contribution in [2.24, 2.45) is 0 Å². The Hall–Kier alpha value is -3.09. The Bertz CT molecular complexity index is 841. The topological polar surface area (TPSA) is 67.9 Å². The molecular weight excluding hydrogens is 327 g/mol. The molecule has 2 amide bonds. The van der Waals surface area contributed by atoms with Crippen LogP contribution in [0.2, 0.25) is 0 Å². The highest BCUT2D eigenvalue weighted by molar-refractivity contribution is 6.15. The average molecular weight is 344 g/mol. The fourth-order valence-electron chi connectivity index (χ4n) is 2.82. The van der Waals surface area contributed by atoms with Gasteiger partial charge in [0, 0.05) is 11.1 Å². The zero-order valence-corrected chi connectivity index (χ0v) is 14.1. The van der Waals surface area contributed by atoms with Crippen LogP contribution in [0.1, 0.15) is 15.9 Å². The summed E-state index contributed by atoms with van der Waals surface area (Å²) in [6, 6.07) is 7.45. The van der Waals surface area contributed by atoms with Crippen LogP contribution in [0.15, 0.2) is 30.3 Å². The molecule has 130 valence electrons. The second-order valence-corrected chi connectivity index (χ2v) is 5.58. The van der Waals surface area contributed by atoms with E-state index in [0.29, 0.717) is 17.2 Å². The number of anilines is 2. The van der Waals surface area contributed by atoms with Crippen molar-refractivity contribution >= 4 is 23.2 Å². The van der Waals surface area contributed by atoms with E-state index in [1.807, 2.05) is 6.92 Å². The average Bonchev–Trinajstić information content (AvgIpc) is 2.61. The molecule has 1 heterocycles. The van der Waals surface area contributed by atoms with Crippen molar-refractivity contribution < 1.29 is 23.5 Å². The number of para-hydroxylation sites is 1. The second kappa shape index (κ2) is 6.43. The van der Waals surface area contributed by atoms with E-state index >= 15 is 0 Å². The summed E-state index contributed by atoms with van der Waals surface area (Å²) in [7, 11) is 2.99. The van der Waals surface area contributed by atoms with Crippen molar-refractivity contribution in [1.29, 1.82) is 0 Å². The highest BCUT2D eigenvalue weighted by Crippen LogP contribution is 2.35. The molecule has 0 unspecified atom stereocenters. The van der Waals surface area contributed by atoms with Gasteiger partial charge in [0.05, 0.1) is 19.9 Å². The van der Waals surface area contributed by atoms with Crippen LogP contribution in [0.25, 0.3) is 0 Å². The Morgan fingerprint density at radius 1 is 1.20 bits per heavy atom. The summed E-state index contributed by atoms with van der Waals surface area (Å²) in [5, 5.41) is 2.46. The van der Waals surface area contributed by atoms with Crippen molar-refractivity contribution in [3.63, 3.8) is 0 Å². The van der Waals surface area contributed by atoms with Crippen LogP contribution in [0.4, 0.5) is 15.8 Å². The molecule has 0 atom stereocenters. The maximum absolute atomic E-state index is 14.0. The van der Waals surface area contributed by atoms with Crippen LogP contribution in [-0.2, 0) is 4.79 Å². The Labute approximate surface area is 144 Å². The molecule has 0 radical (unpaired) electrons. The number of fused-ring (bicyclic) bond motifs is 1. The van der Waals surface area contributed by atoms with Crippen LogP contribution >= 0.6 is 0 Å². The molecule has 0 fully saturated rings. The lowest BCUT2D eigenvalue weighted by Gasteiger charge is -2.29. The number of rotatable bonds is 3. The first kappa shape index (κ1) is 16.8. The Morgan fingerprint density at radius 3 is 2.44 bits per heavy atom. The van der Waals surface area contributed by atoms with Gasteiger partial charge in [0.1, 0.15) is 29.5 Å². The zero-order chi connectivity index (χ0) is 18.1. The number of nitrogens with one attached hydrogen (secondary N) is 1. The van der Waals surface area contributed by atoms with E-state index in [2.05, 4.69) is 5.32 Å². The molecule has 2 aromatic carbocycles. The highest BCUT2D eigenvalue weighted by atomic mass is 19.1. The molecule has 0 bridgehead atoms. The van der Waals surface area contributed by atoms with E-state index in [9.17, 15) is 14.0 Å². The number of amides is 2. The largest absolute Gasteiger partial charge is 0.496 e. The van der Waals surface area contributed by atoms with E-state index in [0.717, 1.165) is 5.56 Å². The highest BCUT2D eigenvalue weighted by Gasteiger charge is 2.30. The van der Waals surface area contributed by atoms with Crippen LogP contribution in [0, 0.1) is 12.7 Å². The van der Waals surface area contributed by atoms with Gasteiger partial charge in [-0.3, -0.25) is 14.5 Å². The van der Waals surface area contributed by atoms with Crippen LogP contribution in [-0.4, -0.2) is 32.6 Å². The summed E-state index contributed by atoms with van der Waals surface area (Å²) in [6.45, 7) is 1.61. The van der Waals surface area contributed by atoms with Gasteiger partial charge in [0.2, 0.25) is 5.91 Å². The standard InChI is InChI=1S/C18H17FN2O4/c1-10-14(24-2)7-11(8-15(10)25-3)18(23)21-9-16(22)20-17-12(19)5-4-6-13(17)21/h4-8H,9H2,1-3H3,(H,20,22). The monoisotopic (exact) mass is 344 g/mol. The number of carbonyl (C=O) groups excluding carboxylic acids is 2. The van der Waals surface area contributed by atoms with Crippen molar-refractivity contribution in [3.8, 4) is 11.5 Å². The van der Waals surface area contributed by atoms with Crippen molar-refractivity contribution in [3.05, 3.63) is 47.3 Å². The van der Waals surface area contributed by atoms with E-state index < -0.39 is 17.6 Å². The summed E-state index contributed by atoms with van der Waals surface area (Å²) in [5.74, 6) is -0.523. The number of nitrogens with zero attached hydrogens (tertiary/aromatic N) is 1. The first-order chi connectivity index (χ1) is 12.0. The minimum absolute atomic E-state index is 0.00172. The fraction of sp³-hybridized carbons (Fsp3) is 0.222. The zero-order valence-electron chi connectivity index (χ0n) is 14.1. The van der Waals surface area contributed by atoms with Crippen molar-refractivity contribution in [1.82, 2.24) is 0 Å². The molecule has 0 saturated carbocycles. The smallest absolute Gasteiger partial charge is 0.259 e. The van der Waals surface area contributed by atoms with Gasteiger partial charge >= 0.3 is 0 Å². The number of carbonyl (C=O) groups is 2. The summed E-state index contributed by atoms with van der Waals surface area (Å²) in [6.07, 6.45) is 0. The normalized spacial score (nSPS) is 13.1. The number of hydrogen-bond donors (Lipinski definition) is 1. The van der Waals surface area contributed by atoms with Gasteiger partial charge in [-0.05, 0) is 31.2 Å². The van der Waals surface area contributed by atoms with Gasteiger partial charge in [0.25, 0.3) is 5.91 Å². The first-order valence-electron chi connectivity index (χ1n) is 7.59. The number of ether oxygens (including phenoxy) is 2. The maximum Gasteiger partial charge on any atom is 0.259 e. The molecule has 1 N–H and O–H groups in total. The predicted molar refractivity (Wildman–Crippen MR) is 91.0 cm³/mol. The number of hydrogen-bond acceptors (Lipinski definition) is 4. The molecule has 0 spiro atoms. The van der Waals surface area contributed by atoms with Crippen LogP contribution in [0.5, 0.6) is 11.5 Å². The lowest BCUT2D eigenvalue weighted by Crippen LogP contribution is -2.42. The van der Waals surface area contributed by atoms with Gasteiger partial charge in [-0.25, -0.2) is 4.39 Å². The molecule has 6 nitrogen and oxygen atoms in total. The minimum atomic E-state index is -0.595. The lowest BCUT2D eigenvalue weighted by molar-refractivity contribution is -0.115. The fourth-order valence-corrected chi connectivity index (χ4v) is 2.82. The minimum Gasteiger partial charge on any atom is -0.496 e. The number of benzene rings is 2. The molecule has 7 heteroatoms. The SMILES string of the molecule is COc1cc(C(=O)N2CC(=O)Nc3c(F)cccc32)cc(OC)c1C. The van der Waals surface area contributed by atoms with Gasteiger partial charge in [-0.1, -0.05) is 6.07 Å². The van der Waals surface area contributed by atoms with E-state index in [-0.39, 0.29) is 17.8 Å². The molecule has 3 rings (SSSR count). The lowest BCUT2D eigenvalue weighted by atomic mass is 10.1. The molecular formula is C18H17FN2O4. The third-order valence-electron chi connectivity index (χ3n) is 4.09. The third-order valence-corrected chi connectivity index (χ3v) is 4.09. The molecule has 0 aromatic heterocycles. The van der Waals surface area contributed by atoms with Crippen LogP contribution < -0.4 is 19.7 Å². The quantitative estimate of drug-likeness (QED) is 0.930. The Kier molecular flexibility index (Phi) is 4.31. The van der Waals surface area contributed by atoms with Gasteiger partial charge in [0.15, 0.2) is 0 Å². The Balaban J connectivity index is 2.08. The molecule has 0 aliphatic carbocycles. The summed E-state index contributed by atoms with van der Waals surface area (Å²) >= 11 is 0. The number of halogens is 1.